The van der Waals surface area contributed by atoms with Crippen LogP contribution in [0.5, 0.6) is 0 Å². The molecule has 2 nitrogen and oxygen atoms in total. The fraction of sp³-hybridized carbons (Fsp3) is 0.438. The summed E-state index contributed by atoms with van der Waals surface area (Å²) in [5, 5.41) is 0. The predicted octanol–water partition coefficient (Wildman–Crippen LogP) is 3.91. The van der Waals surface area contributed by atoms with Gasteiger partial charge in [-0.05, 0) is 49.5 Å². The van der Waals surface area contributed by atoms with Gasteiger partial charge in [-0.25, -0.2) is 4.79 Å². The van der Waals surface area contributed by atoms with Crippen LogP contribution in [0.3, 0.4) is 0 Å². The van der Waals surface area contributed by atoms with Crippen molar-refractivity contribution in [1.82, 2.24) is 0 Å². The highest BCUT2D eigenvalue weighted by atomic mass is 16.5. The van der Waals surface area contributed by atoms with E-state index in [1.165, 1.54) is 31.1 Å². The highest BCUT2D eigenvalue weighted by Gasteiger charge is 2.07. The Morgan fingerprint density at radius 3 is 2.72 bits per heavy atom. The van der Waals surface area contributed by atoms with Gasteiger partial charge in [0.15, 0.2) is 0 Å². The number of unbranched alkanes of at least 4 members (excludes halogenated alkanes) is 1. The summed E-state index contributed by atoms with van der Waals surface area (Å²) in [6.45, 7) is 6.05. The first kappa shape index (κ1) is 14.5. The summed E-state index contributed by atoms with van der Waals surface area (Å²) in [5.41, 5.74) is 4.31. The molecule has 18 heavy (non-hydrogen) atoms. The lowest BCUT2D eigenvalue weighted by Gasteiger charge is -2.10. The number of esters is 1. The van der Waals surface area contributed by atoms with Gasteiger partial charge in [-0.1, -0.05) is 31.5 Å². The third kappa shape index (κ3) is 3.73. The van der Waals surface area contributed by atoms with Crippen molar-refractivity contribution in [1.29, 1.82) is 0 Å². The maximum Gasteiger partial charge on any atom is 0.333 e. The second-order valence-corrected chi connectivity index (χ2v) is 4.57. The summed E-state index contributed by atoms with van der Waals surface area (Å²) in [5.74, 6) is -0.264. The Bertz CT molecular complexity index is 444. The summed E-state index contributed by atoms with van der Waals surface area (Å²) in [4.78, 5) is 11.5. The maximum absolute atomic E-state index is 11.5. The molecule has 0 amide bonds. The molecule has 0 radical (unpaired) electrons. The Kier molecular flexibility index (Phi) is 5.63. The van der Waals surface area contributed by atoms with E-state index >= 15 is 0 Å². The number of hydrogen-bond donors (Lipinski definition) is 0. The van der Waals surface area contributed by atoms with Gasteiger partial charge in [0.2, 0.25) is 0 Å². The van der Waals surface area contributed by atoms with Crippen molar-refractivity contribution < 1.29 is 9.53 Å². The zero-order chi connectivity index (χ0) is 13.5. The number of hydrogen-bond acceptors (Lipinski definition) is 2. The number of benzene rings is 1. The highest BCUT2D eigenvalue weighted by molar-refractivity contribution is 5.93. The Hall–Kier alpha value is -1.57. The Balaban J connectivity index is 3.09. The molecule has 1 aromatic carbocycles. The SMILES string of the molecule is CCCCc1cccc(C)c1/C=C(\C)C(=O)OC. The van der Waals surface area contributed by atoms with Crippen molar-refractivity contribution in [3.05, 3.63) is 40.5 Å². The zero-order valence-corrected chi connectivity index (χ0v) is 11.7. The van der Waals surface area contributed by atoms with E-state index in [2.05, 4.69) is 32.0 Å². The Labute approximate surface area is 110 Å². The van der Waals surface area contributed by atoms with Crippen molar-refractivity contribution in [2.75, 3.05) is 7.11 Å². The molecule has 0 bridgehead atoms. The molecule has 0 aliphatic rings. The lowest BCUT2D eigenvalue weighted by atomic mass is 9.96. The van der Waals surface area contributed by atoms with Crippen LogP contribution in [0, 0.1) is 6.92 Å². The first-order chi connectivity index (χ1) is 8.60. The average Bonchev–Trinajstić information content (AvgIpc) is 2.38. The van der Waals surface area contributed by atoms with Gasteiger partial charge >= 0.3 is 5.97 Å². The van der Waals surface area contributed by atoms with Gasteiger partial charge in [0, 0.05) is 5.57 Å². The molecule has 0 N–H and O–H groups in total. The molecule has 1 aromatic rings. The van der Waals surface area contributed by atoms with Crippen molar-refractivity contribution >= 4 is 12.0 Å². The van der Waals surface area contributed by atoms with Gasteiger partial charge in [-0.15, -0.1) is 0 Å². The molecule has 0 aliphatic carbocycles. The largest absolute Gasteiger partial charge is 0.466 e. The van der Waals surface area contributed by atoms with E-state index in [1.54, 1.807) is 6.92 Å². The van der Waals surface area contributed by atoms with Gasteiger partial charge in [0.25, 0.3) is 0 Å². The number of aryl methyl sites for hydroxylation is 2. The van der Waals surface area contributed by atoms with Gasteiger partial charge in [-0.3, -0.25) is 0 Å². The molecule has 0 unspecified atom stereocenters. The molecule has 1 rings (SSSR count). The second kappa shape index (κ2) is 7.00. The first-order valence-corrected chi connectivity index (χ1v) is 6.45. The minimum atomic E-state index is -0.264. The van der Waals surface area contributed by atoms with Crippen LogP contribution in [0.2, 0.25) is 0 Å². The first-order valence-electron chi connectivity index (χ1n) is 6.45. The monoisotopic (exact) mass is 246 g/mol. The number of rotatable bonds is 5. The lowest BCUT2D eigenvalue weighted by Crippen LogP contribution is -2.02. The minimum absolute atomic E-state index is 0.264. The lowest BCUT2D eigenvalue weighted by molar-refractivity contribution is -0.135. The zero-order valence-electron chi connectivity index (χ0n) is 11.7. The summed E-state index contributed by atoms with van der Waals surface area (Å²) in [7, 11) is 1.41. The van der Waals surface area contributed by atoms with Crippen LogP contribution in [0.4, 0.5) is 0 Å². The van der Waals surface area contributed by atoms with E-state index in [0.717, 1.165) is 12.0 Å². The topological polar surface area (TPSA) is 26.3 Å². The molecule has 0 heterocycles. The normalized spacial score (nSPS) is 11.4. The third-order valence-electron chi connectivity index (χ3n) is 3.08. The van der Waals surface area contributed by atoms with Crippen LogP contribution in [0.15, 0.2) is 23.8 Å². The molecule has 0 spiro atoms. The second-order valence-electron chi connectivity index (χ2n) is 4.57. The Morgan fingerprint density at radius 1 is 1.39 bits per heavy atom. The molecule has 0 fully saturated rings. The van der Waals surface area contributed by atoms with Crippen LogP contribution in [-0.4, -0.2) is 13.1 Å². The Morgan fingerprint density at radius 2 is 2.11 bits per heavy atom. The summed E-state index contributed by atoms with van der Waals surface area (Å²) in [6, 6.07) is 6.29. The van der Waals surface area contributed by atoms with E-state index in [4.69, 9.17) is 4.74 Å². The number of carbonyl (C=O) groups is 1. The van der Waals surface area contributed by atoms with Crippen molar-refractivity contribution in [2.45, 2.75) is 40.0 Å². The molecule has 0 saturated carbocycles. The van der Waals surface area contributed by atoms with E-state index in [-0.39, 0.29) is 5.97 Å². The number of methoxy groups -OCH3 is 1. The van der Waals surface area contributed by atoms with Crippen LogP contribution in [0.25, 0.3) is 6.08 Å². The van der Waals surface area contributed by atoms with E-state index in [0.29, 0.717) is 5.57 Å². The molecule has 0 saturated heterocycles. The smallest absolute Gasteiger partial charge is 0.333 e. The summed E-state index contributed by atoms with van der Waals surface area (Å²) in [6.07, 6.45) is 5.33. The van der Waals surface area contributed by atoms with Crippen LogP contribution in [0.1, 0.15) is 43.4 Å². The quantitative estimate of drug-likeness (QED) is 0.581. The van der Waals surface area contributed by atoms with E-state index in [1.807, 2.05) is 6.08 Å². The van der Waals surface area contributed by atoms with Gasteiger partial charge in [0.05, 0.1) is 7.11 Å². The summed E-state index contributed by atoms with van der Waals surface area (Å²) < 4.78 is 4.74. The fourth-order valence-corrected chi connectivity index (χ4v) is 1.97. The predicted molar refractivity (Wildman–Crippen MR) is 75.5 cm³/mol. The number of carbonyl (C=O) groups excluding carboxylic acids is 1. The highest BCUT2D eigenvalue weighted by Crippen LogP contribution is 2.20. The van der Waals surface area contributed by atoms with Crippen molar-refractivity contribution in [3.63, 3.8) is 0 Å². The molecular formula is C16H22O2. The van der Waals surface area contributed by atoms with E-state index < -0.39 is 0 Å². The van der Waals surface area contributed by atoms with Gasteiger partial charge < -0.3 is 4.74 Å². The molecule has 98 valence electrons. The fourth-order valence-electron chi connectivity index (χ4n) is 1.97. The molecule has 2 heteroatoms. The third-order valence-corrected chi connectivity index (χ3v) is 3.08. The van der Waals surface area contributed by atoms with E-state index in [9.17, 15) is 4.79 Å². The molecule has 0 aromatic heterocycles. The van der Waals surface area contributed by atoms with Crippen LogP contribution >= 0.6 is 0 Å². The molecule has 0 atom stereocenters. The minimum Gasteiger partial charge on any atom is -0.466 e. The number of ether oxygens (including phenoxy) is 1. The van der Waals surface area contributed by atoms with Gasteiger partial charge in [-0.2, -0.15) is 0 Å². The average molecular weight is 246 g/mol. The standard InChI is InChI=1S/C16H22O2/c1-5-6-9-14-10-7-8-12(2)15(14)11-13(3)16(17)18-4/h7-8,10-11H,5-6,9H2,1-4H3/b13-11+. The van der Waals surface area contributed by atoms with Gasteiger partial charge in [0.1, 0.15) is 0 Å². The molecule has 0 aliphatic heterocycles. The van der Waals surface area contributed by atoms with Crippen LogP contribution < -0.4 is 0 Å². The van der Waals surface area contributed by atoms with Crippen LogP contribution in [-0.2, 0) is 16.0 Å². The maximum atomic E-state index is 11.5. The van der Waals surface area contributed by atoms with Crippen molar-refractivity contribution in [2.24, 2.45) is 0 Å². The van der Waals surface area contributed by atoms with Crippen molar-refractivity contribution in [3.8, 4) is 0 Å². The summed E-state index contributed by atoms with van der Waals surface area (Å²) >= 11 is 0. The molecular weight excluding hydrogens is 224 g/mol.